The molecule has 24 heavy (non-hydrogen) atoms. The van der Waals surface area contributed by atoms with Gasteiger partial charge in [-0.25, -0.2) is 4.99 Å². The molecule has 1 amide bonds. The molecule has 1 aliphatic carbocycles. The lowest BCUT2D eigenvalue weighted by molar-refractivity contribution is -0.122. The van der Waals surface area contributed by atoms with Gasteiger partial charge in [0.2, 0.25) is 5.91 Å². The molecular formula is C19H30N4O. The normalized spacial score (nSPS) is 16.2. The summed E-state index contributed by atoms with van der Waals surface area (Å²) >= 11 is 0. The Labute approximate surface area is 145 Å². The van der Waals surface area contributed by atoms with Gasteiger partial charge in [-0.15, -0.1) is 0 Å². The lowest BCUT2D eigenvalue weighted by atomic mass is 9.85. The van der Waals surface area contributed by atoms with Crippen LogP contribution in [0.4, 0.5) is 5.69 Å². The summed E-state index contributed by atoms with van der Waals surface area (Å²) in [7, 11) is 0. The number of aliphatic imine (C=N–C) groups is 1. The van der Waals surface area contributed by atoms with Crippen LogP contribution in [0.5, 0.6) is 0 Å². The van der Waals surface area contributed by atoms with Crippen molar-refractivity contribution < 1.29 is 4.79 Å². The van der Waals surface area contributed by atoms with E-state index in [2.05, 4.69) is 41.7 Å². The summed E-state index contributed by atoms with van der Waals surface area (Å²) in [6.07, 6.45) is 4.25. The number of guanidine groups is 1. The highest BCUT2D eigenvalue weighted by molar-refractivity contribution is 5.93. The average Bonchev–Trinajstić information content (AvgIpc) is 2.51. The van der Waals surface area contributed by atoms with Crippen molar-refractivity contribution in [2.24, 2.45) is 10.9 Å². The van der Waals surface area contributed by atoms with Crippen LogP contribution in [0.3, 0.4) is 0 Å². The second-order valence-corrected chi connectivity index (χ2v) is 6.47. The molecule has 0 aromatic heterocycles. The molecule has 132 valence electrons. The van der Waals surface area contributed by atoms with Gasteiger partial charge in [0.15, 0.2) is 5.96 Å². The number of hydrogen-bond donors (Lipinski definition) is 3. The van der Waals surface area contributed by atoms with E-state index in [1.54, 1.807) is 0 Å². The topological polar surface area (TPSA) is 65.5 Å². The molecule has 0 saturated heterocycles. The highest BCUT2D eigenvalue weighted by atomic mass is 16.1. The van der Waals surface area contributed by atoms with Crippen LogP contribution >= 0.6 is 0 Å². The standard InChI is InChI=1S/C19H30N4O/c1-4-14(3)22-19(20-5-2)21-13-15-8-6-11-17(12-15)23-18(24)16-9-7-10-16/h6,8,11-12,14,16H,4-5,7,9-10,13H2,1-3H3,(H,23,24)(H2,20,21,22). The van der Waals surface area contributed by atoms with E-state index >= 15 is 0 Å². The van der Waals surface area contributed by atoms with E-state index in [4.69, 9.17) is 0 Å². The molecule has 1 aromatic carbocycles. The molecule has 0 spiro atoms. The largest absolute Gasteiger partial charge is 0.357 e. The van der Waals surface area contributed by atoms with Gasteiger partial charge in [0, 0.05) is 24.2 Å². The van der Waals surface area contributed by atoms with Gasteiger partial charge in [-0.3, -0.25) is 4.79 Å². The molecule has 3 N–H and O–H groups in total. The van der Waals surface area contributed by atoms with Crippen LogP contribution in [0, 0.1) is 5.92 Å². The summed E-state index contributed by atoms with van der Waals surface area (Å²) in [5.74, 6) is 1.18. The highest BCUT2D eigenvalue weighted by Gasteiger charge is 2.25. The van der Waals surface area contributed by atoms with Crippen molar-refractivity contribution in [3.8, 4) is 0 Å². The second-order valence-electron chi connectivity index (χ2n) is 6.47. The highest BCUT2D eigenvalue weighted by Crippen LogP contribution is 2.27. The molecule has 5 heteroatoms. The summed E-state index contributed by atoms with van der Waals surface area (Å²) in [5, 5.41) is 9.67. The van der Waals surface area contributed by atoms with Crippen LogP contribution in [0.1, 0.15) is 52.0 Å². The Bertz CT molecular complexity index is 566. The number of nitrogens with zero attached hydrogens (tertiary/aromatic N) is 1. The fraction of sp³-hybridized carbons (Fsp3) is 0.579. The Kier molecular flexibility index (Phi) is 7.09. The van der Waals surface area contributed by atoms with Crippen LogP contribution in [0.2, 0.25) is 0 Å². The van der Waals surface area contributed by atoms with Gasteiger partial charge in [-0.1, -0.05) is 25.5 Å². The minimum atomic E-state index is 0.147. The first-order chi connectivity index (χ1) is 11.6. The third-order valence-electron chi connectivity index (χ3n) is 4.43. The molecule has 1 unspecified atom stereocenters. The Balaban J connectivity index is 1.96. The van der Waals surface area contributed by atoms with E-state index in [-0.39, 0.29) is 11.8 Å². The summed E-state index contributed by atoms with van der Waals surface area (Å²) in [6, 6.07) is 8.33. The van der Waals surface area contributed by atoms with Gasteiger partial charge in [0.25, 0.3) is 0 Å². The van der Waals surface area contributed by atoms with E-state index in [0.29, 0.717) is 12.6 Å². The molecule has 0 bridgehead atoms. The molecule has 2 rings (SSSR count). The number of amides is 1. The molecule has 5 nitrogen and oxygen atoms in total. The van der Waals surface area contributed by atoms with Gasteiger partial charge in [-0.2, -0.15) is 0 Å². The number of carbonyl (C=O) groups excluding carboxylic acids is 1. The number of benzene rings is 1. The smallest absolute Gasteiger partial charge is 0.227 e. The van der Waals surface area contributed by atoms with Crippen LogP contribution in [-0.2, 0) is 11.3 Å². The molecular weight excluding hydrogens is 300 g/mol. The van der Waals surface area contributed by atoms with Gasteiger partial charge >= 0.3 is 0 Å². The Morgan fingerprint density at radius 3 is 2.75 bits per heavy atom. The molecule has 1 aliphatic rings. The molecule has 1 fully saturated rings. The predicted molar refractivity (Wildman–Crippen MR) is 100 cm³/mol. The molecule has 1 aromatic rings. The Morgan fingerprint density at radius 2 is 2.12 bits per heavy atom. The van der Waals surface area contributed by atoms with E-state index in [0.717, 1.165) is 43.0 Å². The van der Waals surface area contributed by atoms with E-state index in [1.807, 2.05) is 24.3 Å². The van der Waals surface area contributed by atoms with Crippen molar-refractivity contribution in [1.82, 2.24) is 10.6 Å². The first-order valence-electron chi connectivity index (χ1n) is 9.07. The first kappa shape index (κ1) is 18.3. The van der Waals surface area contributed by atoms with Crippen molar-refractivity contribution in [2.75, 3.05) is 11.9 Å². The summed E-state index contributed by atoms with van der Waals surface area (Å²) < 4.78 is 0. The summed E-state index contributed by atoms with van der Waals surface area (Å²) in [4.78, 5) is 16.7. The van der Waals surface area contributed by atoms with Gasteiger partial charge in [-0.05, 0) is 50.8 Å². The minimum absolute atomic E-state index is 0.147. The average molecular weight is 330 g/mol. The number of nitrogens with one attached hydrogen (secondary N) is 3. The molecule has 1 saturated carbocycles. The fourth-order valence-corrected chi connectivity index (χ4v) is 2.49. The Morgan fingerprint density at radius 1 is 1.33 bits per heavy atom. The van der Waals surface area contributed by atoms with Crippen molar-refractivity contribution in [3.05, 3.63) is 29.8 Å². The maximum absolute atomic E-state index is 12.1. The van der Waals surface area contributed by atoms with Crippen LogP contribution in [-0.4, -0.2) is 24.5 Å². The monoisotopic (exact) mass is 330 g/mol. The minimum Gasteiger partial charge on any atom is -0.357 e. The van der Waals surface area contributed by atoms with Gasteiger partial charge < -0.3 is 16.0 Å². The van der Waals surface area contributed by atoms with Crippen LogP contribution < -0.4 is 16.0 Å². The number of carbonyl (C=O) groups is 1. The van der Waals surface area contributed by atoms with Crippen molar-refractivity contribution in [1.29, 1.82) is 0 Å². The second kappa shape index (κ2) is 9.30. The first-order valence-corrected chi connectivity index (χ1v) is 9.07. The zero-order chi connectivity index (χ0) is 17.4. The van der Waals surface area contributed by atoms with Crippen molar-refractivity contribution >= 4 is 17.6 Å². The quantitative estimate of drug-likeness (QED) is 0.531. The van der Waals surface area contributed by atoms with Crippen LogP contribution in [0.15, 0.2) is 29.3 Å². The zero-order valence-electron chi connectivity index (χ0n) is 15.1. The maximum atomic E-state index is 12.1. The van der Waals surface area contributed by atoms with Crippen LogP contribution in [0.25, 0.3) is 0 Å². The number of anilines is 1. The number of hydrogen-bond acceptors (Lipinski definition) is 2. The van der Waals surface area contributed by atoms with E-state index in [1.165, 1.54) is 6.42 Å². The lowest BCUT2D eigenvalue weighted by Crippen LogP contribution is -2.41. The third kappa shape index (κ3) is 5.55. The SMILES string of the molecule is CCNC(=NCc1cccc(NC(=O)C2CCC2)c1)NC(C)CC. The third-order valence-corrected chi connectivity index (χ3v) is 4.43. The molecule has 0 aliphatic heterocycles. The zero-order valence-corrected chi connectivity index (χ0v) is 15.1. The fourth-order valence-electron chi connectivity index (χ4n) is 2.49. The Hall–Kier alpha value is -2.04. The summed E-state index contributed by atoms with van der Waals surface area (Å²) in [5.41, 5.74) is 1.95. The van der Waals surface area contributed by atoms with Crippen molar-refractivity contribution in [3.63, 3.8) is 0 Å². The molecule has 0 radical (unpaired) electrons. The van der Waals surface area contributed by atoms with Gasteiger partial charge in [0.05, 0.1) is 6.54 Å². The predicted octanol–water partition coefficient (Wildman–Crippen LogP) is 3.28. The van der Waals surface area contributed by atoms with E-state index < -0.39 is 0 Å². The summed E-state index contributed by atoms with van der Waals surface area (Å²) in [6.45, 7) is 7.77. The van der Waals surface area contributed by atoms with Crippen molar-refractivity contribution in [2.45, 2.75) is 59.0 Å². The van der Waals surface area contributed by atoms with E-state index in [9.17, 15) is 4.79 Å². The number of rotatable bonds is 7. The maximum Gasteiger partial charge on any atom is 0.227 e. The molecule has 1 atom stereocenters. The van der Waals surface area contributed by atoms with Gasteiger partial charge in [0.1, 0.15) is 0 Å². The lowest BCUT2D eigenvalue weighted by Gasteiger charge is -2.24. The molecule has 0 heterocycles.